The third-order valence-corrected chi connectivity index (χ3v) is 3.88. The van der Waals surface area contributed by atoms with Gasteiger partial charge in [-0.15, -0.1) is 0 Å². The number of nitrogens with zero attached hydrogens (tertiary/aromatic N) is 1. The van der Waals surface area contributed by atoms with Gasteiger partial charge < -0.3 is 10.6 Å². The summed E-state index contributed by atoms with van der Waals surface area (Å²) in [5.41, 5.74) is 6.77. The lowest BCUT2D eigenvalue weighted by Gasteiger charge is -2.25. The highest BCUT2D eigenvalue weighted by Gasteiger charge is 2.18. The van der Waals surface area contributed by atoms with Gasteiger partial charge in [-0.25, -0.2) is 0 Å². The maximum Gasteiger partial charge on any atom is 0.253 e. The second-order valence-electron chi connectivity index (χ2n) is 4.76. The van der Waals surface area contributed by atoms with Crippen LogP contribution in [0.15, 0.2) is 18.2 Å². The van der Waals surface area contributed by atoms with E-state index >= 15 is 0 Å². The third kappa shape index (κ3) is 4.13. The minimum absolute atomic E-state index is 0.0244. The fourth-order valence-electron chi connectivity index (χ4n) is 2.06. The highest BCUT2D eigenvalue weighted by Crippen LogP contribution is 2.21. The molecule has 1 aromatic carbocycles. The molecule has 1 aromatic rings. The molecule has 0 saturated carbocycles. The van der Waals surface area contributed by atoms with Crippen LogP contribution in [-0.2, 0) is 0 Å². The number of carbonyl (C=O) groups excluding carboxylic acids is 1. The van der Waals surface area contributed by atoms with Gasteiger partial charge in [-0.1, -0.05) is 38.3 Å². The van der Waals surface area contributed by atoms with Crippen LogP contribution in [0.2, 0.25) is 5.02 Å². The molecule has 4 heteroatoms. The van der Waals surface area contributed by atoms with Crippen LogP contribution in [0.25, 0.3) is 0 Å². The van der Waals surface area contributed by atoms with Gasteiger partial charge in [0.2, 0.25) is 0 Å². The molecule has 0 heterocycles. The number of hydrogen-bond acceptors (Lipinski definition) is 2. The van der Waals surface area contributed by atoms with Crippen LogP contribution in [0.3, 0.4) is 0 Å². The van der Waals surface area contributed by atoms with E-state index in [9.17, 15) is 4.79 Å². The number of nitrogen functional groups attached to an aromatic ring is 1. The standard InChI is InChI=1S/C15H23ClN2O/c1-4-11(5-2)10-18(6-3)15(19)12-7-8-14(17)13(16)9-12/h7-9,11H,4-6,10,17H2,1-3H3. The molecule has 0 aliphatic carbocycles. The molecule has 0 fully saturated rings. The lowest BCUT2D eigenvalue weighted by molar-refractivity contribution is 0.0735. The summed E-state index contributed by atoms with van der Waals surface area (Å²) >= 11 is 5.97. The number of carbonyl (C=O) groups is 1. The molecule has 106 valence electrons. The summed E-state index contributed by atoms with van der Waals surface area (Å²) in [5, 5.41) is 0.435. The average Bonchev–Trinajstić information content (AvgIpc) is 2.42. The average molecular weight is 283 g/mol. The lowest BCUT2D eigenvalue weighted by Crippen LogP contribution is -2.35. The van der Waals surface area contributed by atoms with E-state index in [4.69, 9.17) is 17.3 Å². The van der Waals surface area contributed by atoms with Crippen LogP contribution in [-0.4, -0.2) is 23.9 Å². The van der Waals surface area contributed by atoms with Gasteiger partial charge >= 0.3 is 0 Å². The van der Waals surface area contributed by atoms with Crippen LogP contribution in [0, 0.1) is 5.92 Å². The molecule has 0 spiro atoms. The number of anilines is 1. The maximum absolute atomic E-state index is 12.4. The van der Waals surface area contributed by atoms with Crippen LogP contribution < -0.4 is 5.73 Å². The van der Waals surface area contributed by atoms with Gasteiger partial charge in [0.1, 0.15) is 0 Å². The molecule has 1 amide bonds. The van der Waals surface area contributed by atoms with Crippen LogP contribution in [0.4, 0.5) is 5.69 Å². The van der Waals surface area contributed by atoms with Gasteiger partial charge in [0, 0.05) is 18.7 Å². The zero-order valence-corrected chi connectivity index (χ0v) is 12.7. The van der Waals surface area contributed by atoms with Gasteiger partial charge in [0.15, 0.2) is 0 Å². The van der Waals surface area contributed by atoms with Crippen molar-refractivity contribution in [3.63, 3.8) is 0 Å². The van der Waals surface area contributed by atoms with Crippen LogP contribution >= 0.6 is 11.6 Å². The number of rotatable bonds is 6. The van der Waals surface area contributed by atoms with E-state index < -0.39 is 0 Å². The first-order valence-corrected chi connectivity index (χ1v) is 7.25. The Hall–Kier alpha value is -1.22. The quantitative estimate of drug-likeness (QED) is 0.806. The van der Waals surface area contributed by atoms with Crippen molar-refractivity contribution in [3.8, 4) is 0 Å². The van der Waals surface area contributed by atoms with Gasteiger partial charge in [-0.05, 0) is 31.0 Å². The van der Waals surface area contributed by atoms with Crippen molar-refractivity contribution in [2.24, 2.45) is 5.92 Å². The molecule has 0 radical (unpaired) electrons. The number of amides is 1. The summed E-state index contributed by atoms with van der Waals surface area (Å²) in [6.07, 6.45) is 2.17. The van der Waals surface area contributed by atoms with E-state index in [-0.39, 0.29) is 5.91 Å². The van der Waals surface area contributed by atoms with Gasteiger partial charge in [0.05, 0.1) is 10.7 Å². The Bertz CT molecular complexity index is 430. The Balaban J connectivity index is 2.85. The number of benzene rings is 1. The predicted molar refractivity (Wildman–Crippen MR) is 81.5 cm³/mol. The SMILES string of the molecule is CCC(CC)CN(CC)C(=O)c1ccc(N)c(Cl)c1. The second kappa shape index (κ2) is 7.39. The molecule has 0 aromatic heterocycles. The summed E-state index contributed by atoms with van der Waals surface area (Å²) in [5.74, 6) is 0.574. The summed E-state index contributed by atoms with van der Waals surface area (Å²) in [6.45, 7) is 7.82. The van der Waals surface area contributed by atoms with Crippen molar-refractivity contribution in [1.29, 1.82) is 0 Å². The Labute approximate surface area is 120 Å². The first-order valence-electron chi connectivity index (χ1n) is 6.87. The van der Waals surface area contributed by atoms with Crippen molar-refractivity contribution in [1.82, 2.24) is 4.90 Å². The monoisotopic (exact) mass is 282 g/mol. The fraction of sp³-hybridized carbons (Fsp3) is 0.533. The summed E-state index contributed by atoms with van der Waals surface area (Å²) < 4.78 is 0. The Morgan fingerprint density at radius 3 is 2.42 bits per heavy atom. The molecule has 0 atom stereocenters. The predicted octanol–water partition coefficient (Wildman–Crippen LogP) is 3.82. The molecule has 0 bridgehead atoms. The van der Waals surface area contributed by atoms with E-state index in [1.165, 1.54) is 0 Å². The van der Waals surface area contributed by atoms with Crippen LogP contribution in [0.1, 0.15) is 44.0 Å². The van der Waals surface area contributed by atoms with Crippen molar-refractivity contribution in [2.75, 3.05) is 18.8 Å². The Morgan fingerprint density at radius 2 is 1.95 bits per heavy atom. The highest BCUT2D eigenvalue weighted by molar-refractivity contribution is 6.33. The van der Waals surface area contributed by atoms with Gasteiger partial charge in [-0.2, -0.15) is 0 Å². The first kappa shape index (κ1) is 15.8. The molecular weight excluding hydrogens is 260 g/mol. The summed E-state index contributed by atoms with van der Waals surface area (Å²) in [6, 6.07) is 5.06. The first-order chi connectivity index (χ1) is 9.03. The van der Waals surface area contributed by atoms with Gasteiger partial charge in [-0.3, -0.25) is 4.79 Å². The summed E-state index contributed by atoms with van der Waals surface area (Å²) in [4.78, 5) is 14.3. The second-order valence-corrected chi connectivity index (χ2v) is 5.17. The summed E-state index contributed by atoms with van der Waals surface area (Å²) in [7, 11) is 0. The zero-order valence-electron chi connectivity index (χ0n) is 11.9. The molecule has 0 saturated heterocycles. The molecular formula is C15H23ClN2O. The normalized spacial score (nSPS) is 10.8. The third-order valence-electron chi connectivity index (χ3n) is 3.55. The largest absolute Gasteiger partial charge is 0.398 e. The van der Waals surface area contributed by atoms with Crippen molar-refractivity contribution in [3.05, 3.63) is 28.8 Å². The zero-order chi connectivity index (χ0) is 14.4. The van der Waals surface area contributed by atoms with E-state index in [0.29, 0.717) is 28.7 Å². The topological polar surface area (TPSA) is 46.3 Å². The lowest BCUT2D eigenvalue weighted by atomic mass is 10.0. The fourth-order valence-corrected chi connectivity index (χ4v) is 2.24. The van der Waals surface area contributed by atoms with Crippen molar-refractivity contribution >= 4 is 23.2 Å². The number of halogens is 1. The number of hydrogen-bond donors (Lipinski definition) is 1. The maximum atomic E-state index is 12.4. The molecule has 3 nitrogen and oxygen atoms in total. The Morgan fingerprint density at radius 1 is 1.32 bits per heavy atom. The van der Waals surface area contributed by atoms with Gasteiger partial charge in [0.25, 0.3) is 5.91 Å². The molecule has 19 heavy (non-hydrogen) atoms. The molecule has 0 unspecified atom stereocenters. The van der Waals surface area contributed by atoms with E-state index in [1.807, 2.05) is 11.8 Å². The smallest absolute Gasteiger partial charge is 0.253 e. The molecule has 0 aliphatic rings. The molecule has 1 rings (SSSR count). The van der Waals surface area contributed by atoms with Crippen LogP contribution in [0.5, 0.6) is 0 Å². The van der Waals surface area contributed by atoms with E-state index in [0.717, 1.165) is 19.4 Å². The minimum atomic E-state index is 0.0244. The van der Waals surface area contributed by atoms with Crippen molar-refractivity contribution < 1.29 is 4.79 Å². The van der Waals surface area contributed by atoms with E-state index in [1.54, 1.807) is 18.2 Å². The minimum Gasteiger partial charge on any atom is -0.398 e. The molecule has 2 N–H and O–H groups in total. The highest BCUT2D eigenvalue weighted by atomic mass is 35.5. The molecule has 0 aliphatic heterocycles. The Kier molecular flexibility index (Phi) is 6.16. The van der Waals surface area contributed by atoms with E-state index in [2.05, 4.69) is 13.8 Å². The van der Waals surface area contributed by atoms with Crippen molar-refractivity contribution in [2.45, 2.75) is 33.6 Å². The number of nitrogens with two attached hydrogens (primary N) is 1.